The third-order valence-electron chi connectivity index (χ3n) is 5.50. The number of benzene rings is 1. The van der Waals surface area contributed by atoms with Crippen LogP contribution in [-0.4, -0.2) is 57.1 Å². The lowest BCUT2D eigenvalue weighted by atomic mass is 10.2. The highest BCUT2D eigenvalue weighted by Gasteiger charge is 2.33. The number of ether oxygens (including phenoxy) is 1. The molecular formula is C23H23F5N6O2S. The first-order valence-corrected chi connectivity index (χ1v) is 12.0. The van der Waals surface area contributed by atoms with E-state index >= 15 is 0 Å². The SMILES string of the molecule is Cc1nsc(Nc2cnc(C(F)(F)F)cn2)c1C(=O)Nc1ccc(F)c(OC2CCN(CC(C)F)C2)c1. The standard InChI is InChI=1S/C23H23F5N6O2S/c1-12(24)10-34-6-5-15(11-34)36-17-7-14(3-4-16(17)25)31-21(35)20-13(2)33-37-22(20)32-19-9-29-18(8-30-19)23(26,27)28/h3-4,7-9,12,15H,5-6,10-11H2,1-2H3,(H,30,32)(H,31,35). The summed E-state index contributed by atoms with van der Waals surface area (Å²) in [5, 5.41) is 5.67. The van der Waals surface area contributed by atoms with Crippen LogP contribution in [0.4, 0.5) is 38.5 Å². The van der Waals surface area contributed by atoms with E-state index in [0.29, 0.717) is 31.4 Å². The molecule has 2 aromatic heterocycles. The Balaban J connectivity index is 1.44. The van der Waals surface area contributed by atoms with E-state index in [1.165, 1.54) is 19.1 Å². The number of likely N-dealkylation sites (tertiary alicyclic amines) is 1. The normalized spacial score (nSPS) is 17.0. The maximum Gasteiger partial charge on any atom is 0.434 e. The summed E-state index contributed by atoms with van der Waals surface area (Å²) in [4.78, 5) is 22.0. The van der Waals surface area contributed by atoms with E-state index in [9.17, 15) is 26.7 Å². The maximum absolute atomic E-state index is 14.4. The van der Waals surface area contributed by atoms with Crippen LogP contribution in [0.2, 0.25) is 0 Å². The number of hydrogen-bond acceptors (Lipinski definition) is 8. The number of aromatic nitrogens is 3. The van der Waals surface area contributed by atoms with Gasteiger partial charge in [-0.3, -0.25) is 9.69 Å². The van der Waals surface area contributed by atoms with Gasteiger partial charge in [0.15, 0.2) is 17.3 Å². The van der Waals surface area contributed by atoms with Gasteiger partial charge in [-0.25, -0.2) is 18.7 Å². The molecule has 1 saturated heterocycles. The molecule has 2 atom stereocenters. The zero-order valence-electron chi connectivity index (χ0n) is 19.8. The van der Waals surface area contributed by atoms with Gasteiger partial charge in [-0.05, 0) is 43.9 Å². The Morgan fingerprint density at radius 1 is 1.30 bits per heavy atom. The molecule has 37 heavy (non-hydrogen) atoms. The van der Waals surface area contributed by atoms with Crippen LogP contribution in [-0.2, 0) is 6.18 Å². The fourth-order valence-electron chi connectivity index (χ4n) is 3.84. The van der Waals surface area contributed by atoms with Crippen LogP contribution in [0.1, 0.15) is 35.1 Å². The van der Waals surface area contributed by atoms with Crippen LogP contribution in [0.25, 0.3) is 0 Å². The molecule has 3 aromatic rings. The summed E-state index contributed by atoms with van der Waals surface area (Å²) in [5.41, 5.74) is -0.366. The molecule has 198 valence electrons. The average molecular weight is 543 g/mol. The topological polar surface area (TPSA) is 92.3 Å². The molecule has 1 fully saturated rings. The zero-order chi connectivity index (χ0) is 26.7. The maximum atomic E-state index is 14.4. The number of carbonyl (C=O) groups excluding carboxylic acids is 1. The molecule has 14 heteroatoms. The predicted octanol–water partition coefficient (Wildman–Crippen LogP) is 5.21. The fraction of sp³-hybridized carbons (Fsp3) is 0.391. The number of amides is 1. The van der Waals surface area contributed by atoms with E-state index in [1.807, 2.05) is 4.90 Å². The summed E-state index contributed by atoms with van der Waals surface area (Å²) in [6, 6.07) is 3.89. The molecule has 1 aliphatic heterocycles. The van der Waals surface area contributed by atoms with Crippen molar-refractivity contribution in [2.45, 2.75) is 38.7 Å². The molecule has 1 aromatic carbocycles. The van der Waals surface area contributed by atoms with Crippen molar-refractivity contribution in [1.29, 1.82) is 0 Å². The van der Waals surface area contributed by atoms with Crippen LogP contribution in [0.5, 0.6) is 5.75 Å². The number of nitrogens with zero attached hydrogens (tertiary/aromatic N) is 4. The summed E-state index contributed by atoms with van der Waals surface area (Å²) in [5.74, 6) is -1.23. The molecular weight excluding hydrogens is 519 g/mol. The lowest BCUT2D eigenvalue weighted by Crippen LogP contribution is -2.29. The summed E-state index contributed by atoms with van der Waals surface area (Å²) in [6.07, 6.45) is -3.82. The molecule has 1 aliphatic rings. The zero-order valence-corrected chi connectivity index (χ0v) is 20.6. The van der Waals surface area contributed by atoms with Crippen molar-refractivity contribution < 1.29 is 31.5 Å². The predicted molar refractivity (Wildman–Crippen MR) is 128 cm³/mol. The number of hydrogen-bond donors (Lipinski definition) is 2. The molecule has 1 amide bonds. The van der Waals surface area contributed by atoms with E-state index in [2.05, 4.69) is 25.0 Å². The Morgan fingerprint density at radius 2 is 2.08 bits per heavy atom. The minimum absolute atomic E-state index is 0.00377. The smallest absolute Gasteiger partial charge is 0.434 e. The van der Waals surface area contributed by atoms with Crippen molar-refractivity contribution in [3.63, 3.8) is 0 Å². The van der Waals surface area contributed by atoms with Gasteiger partial charge in [-0.1, -0.05) is 0 Å². The van der Waals surface area contributed by atoms with Gasteiger partial charge in [0.1, 0.15) is 23.1 Å². The average Bonchev–Trinajstić information content (AvgIpc) is 3.41. The van der Waals surface area contributed by atoms with Crippen LogP contribution in [0.15, 0.2) is 30.6 Å². The summed E-state index contributed by atoms with van der Waals surface area (Å²) in [7, 11) is 0. The van der Waals surface area contributed by atoms with Crippen molar-refractivity contribution in [1.82, 2.24) is 19.2 Å². The molecule has 0 spiro atoms. The largest absolute Gasteiger partial charge is 0.486 e. The highest BCUT2D eigenvalue weighted by atomic mass is 32.1. The molecule has 0 saturated carbocycles. The van der Waals surface area contributed by atoms with Crippen molar-refractivity contribution in [3.8, 4) is 5.75 Å². The summed E-state index contributed by atoms with van der Waals surface area (Å²) < 4.78 is 75.8. The molecule has 2 unspecified atom stereocenters. The Kier molecular flexibility index (Phi) is 7.87. The van der Waals surface area contributed by atoms with Crippen molar-refractivity contribution in [2.24, 2.45) is 0 Å². The van der Waals surface area contributed by atoms with Gasteiger partial charge in [0.05, 0.1) is 23.7 Å². The molecule has 8 nitrogen and oxygen atoms in total. The highest BCUT2D eigenvalue weighted by molar-refractivity contribution is 7.10. The van der Waals surface area contributed by atoms with E-state index in [0.717, 1.165) is 23.8 Å². The molecule has 2 N–H and O–H groups in total. The number of nitrogens with one attached hydrogen (secondary N) is 2. The first-order chi connectivity index (χ1) is 17.5. The van der Waals surface area contributed by atoms with Crippen molar-refractivity contribution >= 4 is 33.9 Å². The van der Waals surface area contributed by atoms with Gasteiger partial charge < -0.3 is 15.4 Å². The third kappa shape index (κ3) is 6.68. The lowest BCUT2D eigenvalue weighted by molar-refractivity contribution is -0.141. The van der Waals surface area contributed by atoms with Gasteiger partial charge in [0.2, 0.25) is 0 Å². The van der Waals surface area contributed by atoms with E-state index in [-0.39, 0.29) is 40.5 Å². The minimum atomic E-state index is -4.63. The van der Waals surface area contributed by atoms with Crippen LogP contribution in [0.3, 0.4) is 0 Å². The summed E-state index contributed by atoms with van der Waals surface area (Å²) >= 11 is 0.923. The number of halogens is 5. The van der Waals surface area contributed by atoms with Gasteiger partial charge in [0, 0.05) is 31.4 Å². The van der Waals surface area contributed by atoms with Gasteiger partial charge >= 0.3 is 6.18 Å². The summed E-state index contributed by atoms with van der Waals surface area (Å²) in [6.45, 7) is 4.45. The van der Waals surface area contributed by atoms with Gasteiger partial charge in [-0.2, -0.15) is 17.5 Å². The quantitative estimate of drug-likeness (QED) is 0.378. The van der Waals surface area contributed by atoms with Crippen molar-refractivity contribution in [2.75, 3.05) is 30.3 Å². The number of alkyl halides is 4. The Labute approximate surface area is 213 Å². The first-order valence-electron chi connectivity index (χ1n) is 11.3. The second kappa shape index (κ2) is 10.9. The Morgan fingerprint density at radius 3 is 2.76 bits per heavy atom. The second-order valence-electron chi connectivity index (χ2n) is 8.55. The molecule has 3 heterocycles. The molecule has 4 rings (SSSR count). The van der Waals surface area contributed by atoms with Crippen LogP contribution in [0, 0.1) is 12.7 Å². The number of anilines is 3. The molecule has 0 bridgehead atoms. The first kappa shape index (κ1) is 26.7. The fourth-order valence-corrected chi connectivity index (χ4v) is 4.64. The number of carbonyl (C=O) groups is 1. The lowest BCUT2D eigenvalue weighted by Gasteiger charge is -2.18. The van der Waals surface area contributed by atoms with E-state index in [4.69, 9.17) is 4.74 Å². The third-order valence-corrected chi connectivity index (χ3v) is 6.35. The molecule has 0 radical (unpaired) electrons. The Hall–Kier alpha value is -3.39. The highest BCUT2D eigenvalue weighted by Crippen LogP contribution is 2.31. The Bertz CT molecular complexity index is 1250. The van der Waals surface area contributed by atoms with Gasteiger partial charge in [-0.15, -0.1) is 0 Å². The van der Waals surface area contributed by atoms with Crippen molar-refractivity contribution in [3.05, 3.63) is 53.4 Å². The molecule has 0 aliphatic carbocycles. The number of aryl methyl sites for hydroxylation is 1. The monoisotopic (exact) mass is 542 g/mol. The second-order valence-corrected chi connectivity index (χ2v) is 9.32. The van der Waals surface area contributed by atoms with E-state index < -0.39 is 29.8 Å². The van der Waals surface area contributed by atoms with Crippen LogP contribution < -0.4 is 15.4 Å². The number of rotatable bonds is 8. The van der Waals surface area contributed by atoms with Crippen LogP contribution >= 0.6 is 11.5 Å². The minimum Gasteiger partial charge on any atom is -0.486 e. The van der Waals surface area contributed by atoms with E-state index in [1.54, 1.807) is 6.92 Å². The van der Waals surface area contributed by atoms with Gasteiger partial charge in [0.25, 0.3) is 5.91 Å².